The Morgan fingerprint density at radius 1 is 1.41 bits per heavy atom. The molecule has 0 spiro atoms. The number of nitrogens with one attached hydrogen (secondary N) is 2. The number of para-hydroxylation sites is 1. The Labute approximate surface area is 98.9 Å². The van der Waals surface area contributed by atoms with E-state index in [9.17, 15) is 4.79 Å². The molecule has 0 unspecified atom stereocenters. The number of benzene rings is 1. The molecular formula is C12H15N3O2. The highest BCUT2D eigenvalue weighted by Gasteiger charge is 2.18. The summed E-state index contributed by atoms with van der Waals surface area (Å²) in [7, 11) is 0. The summed E-state index contributed by atoms with van der Waals surface area (Å²) in [4.78, 5) is 14.6. The average Bonchev–Trinajstić information content (AvgIpc) is 2.67. The number of carbonyl (C=O) groups is 1. The van der Waals surface area contributed by atoms with Gasteiger partial charge < -0.3 is 9.72 Å². The van der Waals surface area contributed by atoms with Gasteiger partial charge in [-0.1, -0.05) is 12.1 Å². The third-order valence-electron chi connectivity index (χ3n) is 2.37. The summed E-state index contributed by atoms with van der Waals surface area (Å²) in [6.45, 7) is 3.82. The predicted molar refractivity (Wildman–Crippen MR) is 65.7 cm³/mol. The maximum absolute atomic E-state index is 11.6. The number of ether oxygens (including phenoxy) is 1. The van der Waals surface area contributed by atoms with Crippen molar-refractivity contribution in [1.82, 2.24) is 10.4 Å². The number of hydrogen-bond donors (Lipinski definition) is 3. The highest BCUT2D eigenvalue weighted by molar-refractivity contribution is 6.03. The molecule has 0 aliphatic rings. The minimum atomic E-state index is -0.392. The predicted octanol–water partition coefficient (Wildman–Crippen LogP) is 1.56. The van der Waals surface area contributed by atoms with Gasteiger partial charge in [0.25, 0.3) is 5.91 Å². The second-order valence-electron chi connectivity index (χ2n) is 4.01. The van der Waals surface area contributed by atoms with Gasteiger partial charge >= 0.3 is 0 Å². The zero-order valence-corrected chi connectivity index (χ0v) is 9.78. The van der Waals surface area contributed by atoms with Gasteiger partial charge in [0.05, 0.1) is 6.10 Å². The molecule has 90 valence electrons. The third-order valence-corrected chi connectivity index (χ3v) is 2.37. The Hall–Kier alpha value is -2.01. The van der Waals surface area contributed by atoms with Crippen LogP contribution in [-0.4, -0.2) is 17.0 Å². The molecule has 4 N–H and O–H groups in total. The van der Waals surface area contributed by atoms with E-state index in [0.717, 1.165) is 10.9 Å². The first-order valence-electron chi connectivity index (χ1n) is 5.41. The van der Waals surface area contributed by atoms with Crippen molar-refractivity contribution in [2.24, 2.45) is 5.84 Å². The van der Waals surface area contributed by atoms with E-state index < -0.39 is 5.91 Å². The van der Waals surface area contributed by atoms with E-state index in [1.165, 1.54) is 0 Å². The van der Waals surface area contributed by atoms with Crippen LogP contribution >= 0.6 is 0 Å². The number of nitrogen functional groups attached to an aromatic ring is 1. The minimum absolute atomic E-state index is 0.0152. The summed E-state index contributed by atoms with van der Waals surface area (Å²) in [6, 6.07) is 7.57. The number of amides is 1. The fourth-order valence-electron chi connectivity index (χ4n) is 1.71. The fraction of sp³-hybridized carbons (Fsp3) is 0.250. The number of hydrogen-bond acceptors (Lipinski definition) is 3. The van der Waals surface area contributed by atoms with Crippen LogP contribution in [0.4, 0.5) is 0 Å². The van der Waals surface area contributed by atoms with E-state index in [-0.39, 0.29) is 6.10 Å². The lowest BCUT2D eigenvalue weighted by molar-refractivity contribution is 0.0943. The van der Waals surface area contributed by atoms with Gasteiger partial charge in [-0.25, -0.2) is 5.84 Å². The van der Waals surface area contributed by atoms with Crippen LogP contribution in [0, 0.1) is 0 Å². The van der Waals surface area contributed by atoms with Crippen molar-refractivity contribution >= 4 is 16.8 Å². The molecule has 17 heavy (non-hydrogen) atoms. The molecule has 2 rings (SSSR count). The maximum atomic E-state index is 11.6. The molecule has 0 fully saturated rings. The molecule has 0 aliphatic carbocycles. The number of carbonyl (C=O) groups excluding carboxylic acids is 1. The van der Waals surface area contributed by atoms with E-state index in [2.05, 4.69) is 10.4 Å². The largest absolute Gasteiger partial charge is 0.488 e. The number of rotatable bonds is 3. The second-order valence-corrected chi connectivity index (χ2v) is 4.01. The van der Waals surface area contributed by atoms with Gasteiger partial charge in [-0.05, 0) is 26.0 Å². The molecule has 1 heterocycles. The van der Waals surface area contributed by atoms with Gasteiger partial charge in [-0.15, -0.1) is 0 Å². The molecule has 0 aliphatic heterocycles. The van der Waals surface area contributed by atoms with Crippen LogP contribution < -0.4 is 16.0 Å². The molecule has 0 saturated heterocycles. The number of hydrazine groups is 1. The summed E-state index contributed by atoms with van der Waals surface area (Å²) in [5.41, 5.74) is 3.30. The highest BCUT2D eigenvalue weighted by Crippen LogP contribution is 2.30. The summed E-state index contributed by atoms with van der Waals surface area (Å²) < 4.78 is 5.67. The minimum Gasteiger partial charge on any atom is -0.488 e. The molecule has 5 nitrogen and oxygen atoms in total. The quantitative estimate of drug-likeness (QED) is 0.427. The molecular weight excluding hydrogens is 218 g/mol. The Balaban J connectivity index is 2.60. The Morgan fingerprint density at radius 2 is 2.12 bits per heavy atom. The smallest absolute Gasteiger partial charge is 0.285 e. The van der Waals surface area contributed by atoms with Gasteiger partial charge in [0, 0.05) is 10.9 Å². The van der Waals surface area contributed by atoms with Gasteiger partial charge in [-0.3, -0.25) is 10.2 Å². The van der Waals surface area contributed by atoms with Crippen molar-refractivity contribution in [3.63, 3.8) is 0 Å². The molecule has 5 heteroatoms. The standard InChI is InChI=1S/C12H15N3O2/c1-7(2)17-11-8-5-3-4-6-9(8)14-10(11)12(16)15-13/h3-7,14H,13H2,1-2H3,(H,15,16). The van der Waals surface area contributed by atoms with Crippen LogP contribution in [0.3, 0.4) is 0 Å². The van der Waals surface area contributed by atoms with Gasteiger partial charge in [0.15, 0.2) is 5.75 Å². The molecule has 2 aromatic rings. The van der Waals surface area contributed by atoms with Gasteiger partial charge in [-0.2, -0.15) is 0 Å². The topological polar surface area (TPSA) is 80.1 Å². The van der Waals surface area contributed by atoms with Crippen molar-refractivity contribution in [2.75, 3.05) is 0 Å². The van der Waals surface area contributed by atoms with Crippen LogP contribution in [0.1, 0.15) is 24.3 Å². The van der Waals surface area contributed by atoms with Crippen molar-refractivity contribution < 1.29 is 9.53 Å². The zero-order chi connectivity index (χ0) is 12.4. The third kappa shape index (κ3) is 2.09. The van der Waals surface area contributed by atoms with E-state index in [1.807, 2.05) is 38.1 Å². The van der Waals surface area contributed by atoms with E-state index in [0.29, 0.717) is 11.4 Å². The highest BCUT2D eigenvalue weighted by atomic mass is 16.5. The lowest BCUT2D eigenvalue weighted by Gasteiger charge is -2.10. The zero-order valence-electron chi connectivity index (χ0n) is 9.78. The molecule has 1 aromatic heterocycles. The van der Waals surface area contributed by atoms with Crippen LogP contribution in [0.5, 0.6) is 5.75 Å². The van der Waals surface area contributed by atoms with Crippen molar-refractivity contribution in [3.05, 3.63) is 30.0 Å². The fourth-order valence-corrected chi connectivity index (χ4v) is 1.71. The van der Waals surface area contributed by atoms with Crippen LogP contribution in [0.2, 0.25) is 0 Å². The Morgan fingerprint density at radius 3 is 2.76 bits per heavy atom. The summed E-state index contributed by atoms with van der Waals surface area (Å²) in [6.07, 6.45) is -0.0152. The number of H-pyrrole nitrogens is 1. The lowest BCUT2D eigenvalue weighted by atomic mass is 10.2. The molecule has 0 saturated carbocycles. The van der Waals surface area contributed by atoms with Crippen LogP contribution in [0.25, 0.3) is 10.9 Å². The van der Waals surface area contributed by atoms with E-state index >= 15 is 0 Å². The number of fused-ring (bicyclic) bond motifs is 1. The number of aromatic amines is 1. The maximum Gasteiger partial charge on any atom is 0.285 e. The van der Waals surface area contributed by atoms with Crippen molar-refractivity contribution in [2.45, 2.75) is 20.0 Å². The van der Waals surface area contributed by atoms with E-state index in [4.69, 9.17) is 10.6 Å². The first-order chi connectivity index (χ1) is 8.13. The summed E-state index contributed by atoms with van der Waals surface area (Å²) >= 11 is 0. The number of nitrogens with two attached hydrogens (primary N) is 1. The normalized spacial score (nSPS) is 10.8. The Kier molecular flexibility index (Phi) is 3.01. The van der Waals surface area contributed by atoms with Crippen molar-refractivity contribution in [1.29, 1.82) is 0 Å². The second kappa shape index (κ2) is 4.47. The van der Waals surface area contributed by atoms with E-state index in [1.54, 1.807) is 0 Å². The summed E-state index contributed by atoms with van der Waals surface area (Å²) in [5.74, 6) is 5.30. The summed E-state index contributed by atoms with van der Waals surface area (Å²) in [5, 5.41) is 0.875. The van der Waals surface area contributed by atoms with Crippen LogP contribution in [-0.2, 0) is 0 Å². The monoisotopic (exact) mass is 233 g/mol. The molecule has 0 radical (unpaired) electrons. The molecule has 1 aromatic carbocycles. The lowest BCUT2D eigenvalue weighted by Crippen LogP contribution is -2.30. The average molecular weight is 233 g/mol. The first kappa shape index (κ1) is 11.5. The Bertz CT molecular complexity index is 546. The number of aromatic nitrogens is 1. The van der Waals surface area contributed by atoms with Gasteiger partial charge in [0.1, 0.15) is 5.69 Å². The molecule has 0 atom stereocenters. The van der Waals surface area contributed by atoms with Crippen LogP contribution in [0.15, 0.2) is 24.3 Å². The first-order valence-corrected chi connectivity index (χ1v) is 5.41. The SMILES string of the molecule is CC(C)Oc1c(C(=O)NN)[nH]c2ccccc12. The molecule has 0 bridgehead atoms. The molecule has 1 amide bonds. The van der Waals surface area contributed by atoms with Crippen molar-refractivity contribution in [3.8, 4) is 5.75 Å². The van der Waals surface area contributed by atoms with Gasteiger partial charge in [0.2, 0.25) is 0 Å².